The number of nitrogens with zero attached hydrogens (tertiary/aromatic N) is 5. The first kappa shape index (κ1) is 27.5. The van der Waals surface area contributed by atoms with Crippen molar-refractivity contribution in [3.8, 4) is 11.1 Å². The number of anilines is 1. The maximum atomic E-state index is 13.0. The van der Waals surface area contributed by atoms with Crippen molar-refractivity contribution in [1.29, 1.82) is 0 Å². The van der Waals surface area contributed by atoms with E-state index in [1.54, 1.807) is 6.07 Å². The summed E-state index contributed by atoms with van der Waals surface area (Å²) < 4.78 is 33.6. The van der Waals surface area contributed by atoms with Crippen molar-refractivity contribution in [3.63, 3.8) is 0 Å². The van der Waals surface area contributed by atoms with Crippen molar-refractivity contribution < 1.29 is 17.9 Å². The van der Waals surface area contributed by atoms with Crippen LogP contribution in [0, 0.1) is 0 Å². The summed E-state index contributed by atoms with van der Waals surface area (Å²) in [6.07, 6.45) is 8.21. The van der Waals surface area contributed by atoms with Crippen LogP contribution in [0.4, 0.5) is 5.82 Å². The Morgan fingerprint density at radius 2 is 1.92 bits per heavy atom. The van der Waals surface area contributed by atoms with Crippen molar-refractivity contribution in [2.24, 2.45) is 0 Å². The molecule has 0 spiro atoms. The van der Waals surface area contributed by atoms with Gasteiger partial charge < -0.3 is 9.64 Å². The van der Waals surface area contributed by atoms with Crippen LogP contribution in [0.1, 0.15) is 87.9 Å². The SMILES string of the molecule is CC(C)c1nn(C2CCCCC2)c2nc(C(=O)NS(C)(=O)=O)cc(-c3ccc(N4CCOC(C)(C)C4)nc3)c12. The number of carbonyl (C=O) groups excluding carboxylic acids is 1. The number of pyridine rings is 2. The smallest absolute Gasteiger partial charge is 0.283 e. The summed E-state index contributed by atoms with van der Waals surface area (Å²) >= 11 is 0. The number of ether oxygens (including phenoxy) is 1. The number of nitrogens with one attached hydrogen (secondary N) is 1. The predicted octanol–water partition coefficient (Wildman–Crippen LogP) is 4.43. The number of morpholine rings is 1. The predicted molar refractivity (Wildman–Crippen MR) is 152 cm³/mol. The van der Waals surface area contributed by atoms with Gasteiger partial charge in [0.1, 0.15) is 11.5 Å². The minimum absolute atomic E-state index is 0.0363. The molecule has 3 aromatic rings. The molecule has 0 atom stereocenters. The Bertz CT molecular complexity index is 1470. The number of amides is 1. The lowest BCUT2D eigenvalue weighted by Gasteiger charge is -2.38. The summed E-state index contributed by atoms with van der Waals surface area (Å²) in [4.78, 5) is 24.7. The van der Waals surface area contributed by atoms with Gasteiger partial charge in [0.2, 0.25) is 10.0 Å². The van der Waals surface area contributed by atoms with Gasteiger partial charge in [-0.1, -0.05) is 33.1 Å². The van der Waals surface area contributed by atoms with E-state index in [2.05, 4.69) is 37.3 Å². The van der Waals surface area contributed by atoms with Gasteiger partial charge in [-0.05, 0) is 56.4 Å². The Morgan fingerprint density at radius 1 is 1.18 bits per heavy atom. The fourth-order valence-corrected chi connectivity index (χ4v) is 6.10. The summed E-state index contributed by atoms with van der Waals surface area (Å²) in [6, 6.07) is 5.84. The number of carbonyl (C=O) groups is 1. The molecule has 1 saturated carbocycles. The van der Waals surface area contributed by atoms with Gasteiger partial charge in [-0.25, -0.2) is 27.8 Å². The molecule has 5 rings (SSSR count). The summed E-state index contributed by atoms with van der Waals surface area (Å²) in [5.74, 6) is 0.220. The van der Waals surface area contributed by atoms with Crippen LogP contribution in [0.5, 0.6) is 0 Å². The number of fused-ring (bicyclic) bond motifs is 1. The topological polar surface area (TPSA) is 119 Å². The number of aromatic nitrogens is 4. The van der Waals surface area contributed by atoms with Crippen LogP contribution in [-0.4, -0.2) is 65.6 Å². The average Bonchev–Trinajstić information content (AvgIpc) is 3.27. The van der Waals surface area contributed by atoms with Crippen LogP contribution in [0.3, 0.4) is 0 Å². The van der Waals surface area contributed by atoms with Gasteiger partial charge in [-0.15, -0.1) is 0 Å². The highest BCUT2D eigenvalue weighted by atomic mass is 32.2. The van der Waals surface area contributed by atoms with E-state index in [0.29, 0.717) is 12.3 Å². The third-order valence-corrected chi connectivity index (χ3v) is 8.03. The average molecular weight is 555 g/mol. The van der Waals surface area contributed by atoms with Gasteiger partial charge in [0.25, 0.3) is 5.91 Å². The molecule has 0 aromatic carbocycles. The molecule has 1 amide bonds. The van der Waals surface area contributed by atoms with E-state index >= 15 is 0 Å². The normalized spacial score (nSPS) is 18.6. The summed E-state index contributed by atoms with van der Waals surface area (Å²) in [5.41, 5.74) is 2.89. The van der Waals surface area contributed by atoms with Crippen LogP contribution in [-0.2, 0) is 14.8 Å². The summed E-state index contributed by atoms with van der Waals surface area (Å²) in [7, 11) is -3.76. The molecule has 210 valence electrons. The number of sulfonamides is 1. The molecule has 1 N–H and O–H groups in total. The quantitative estimate of drug-likeness (QED) is 0.475. The molecule has 10 nitrogen and oxygen atoms in total. The lowest BCUT2D eigenvalue weighted by atomic mass is 9.95. The van der Waals surface area contributed by atoms with Gasteiger partial charge in [0.15, 0.2) is 5.65 Å². The Morgan fingerprint density at radius 3 is 2.54 bits per heavy atom. The summed E-state index contributed by atoms with van der Waals surface area (Å²) in [5, 5.41) is 5.93. The van der Waals surface area contributed by atoms with Crippen molar-refractivity contribution >= 4 is 32.8 Å². The second-order valence-corrected chi connectivity index (χ2v) is 13.4. The molecule has 1 aliphatic heterocycles. The molecular weight excluding hydrogens is 516 g/mol. The van der Waals surface area contributed by atoms with Crippen LogP contribution in [0.2, 0.25) is 0 Å². The number of rotatable bonds is 6. The maximum Gasteiger partial charge on any atom is 0.283 e. The van der Waals surface area contributed by atoms with Crippen LogP contribution < -0.4 is 9.62 Å². The molecule has 3 aromatic heterocycles. The van der Waals surface area contributed by atoms with Gasteiger partial charge in [0, 0.05) is 24.8 Å². The van der Waals surface area contributed by atoms with Gasteiger partial charge in [-0.3, -0.25) is 4.79 Å². The number of hydrogen-bond acceptors (Lipinski definition) is 8. The van der Waals surface area contributed by atoms with Crippen LogP contribution in [0.25, 0.3) is 22.2 Å². The van der Waals surface area contributed by atoms with Crippen molar-refractivity contribution in [1.82, 2.24) is 24.5 Å². The fraction of sp³-hybridized carbons (Fsp3) is 0.571. The van der Waals surface area contributed by atoms with E-state index in [0.717, 1.165) is 73.1 Å². The molecule has 39 heavy (non-hydrogen) atoms. The largest absolute Gasteiger partial charge is 0.372 e. The van der Waals surface area contributed by atoms with E-state index in [9.17, 15) is 13.2 Å². The molecule has 0 radical (unpaired) electrons. The first-order chi connectivity index (χ1) is 18.4. The second kappa shape index (κ2) is 10.5. The van der Waals surface area contributed by atoms with E-state index in [1.165, 1.54) is 6.42 Å². The Hall–Kier alpha value is -3.05. The molecular formula is C28H38N6O4S. The minimum Gasteiger partial charge on any atom is -0.372 e. The molecule has 2 aliphatic rings. The van der Waals surface area contributed by atoms with E-state index in [4.69, 9.17) is 19.8 Å². The molecule has 1 aliphatic carbocycles. The highest BCUT2D eigenvalue weighted by Crippen LogP contribution is 2.38. The summed E-state index contributed by atoms with van der Waals surface area (Å²) in [6.45, 7) is 10.5. The lowest BCUT2D eigenvalue weighted by molar-refractivity contribution is -0.0279. The Labute approximate surface area is 230 Å². The second-order valence-electron chi connectivity index (χ2n) is 11.7. The van der Waals surface area contributed by atoms with Crippen LogP contribution in [0.15, 0.2) is 24.4 Å². The highest BCUT2D eigenvalue weighted by Gasteiger charge is 2.29. The monoisotopic (exact) mass is 554 g/mol. The zero-order valence-corrected chi connectivity index (χ0v) is 24.2. The van der Waals surface area contributed by atoms with E-state index < -0.39 is 15.9 Å². The molecule has 4 heterocycles. The van der Waals surface area contributed by atoms with Crippen molar-refractivity contribution in [3.05, 3.63) is 35.8 Å². The van der Waals surface area contributed by atoms with Gasteiger partial charge >= 0.3 is 0 Å². The third kappa shape index (κ3) is 5.94. The first-order valence-corrected chi connectivity index (χ1v) is 15.6. The minimum atomic E-state index is -3.76. The Kier molecular flexibility index (Phi) is 7.41. The molecule has 11 heteroatoms. The van der Waals surface area contributed by atoms with Crippen molar-refractivity contribution in [2.45, 2.75) is 77.4 Å². The van der Waals surface area contributed by atoms with E-state index in [1.807, 2.05) is 23.0 Å². The molecule has 0 bridgehead atoms. The Balaban J connectivity index is 1.65. The zero-order chi connectivity index (χ0) is 27.9. The molecule has 2 fully saturated rings. The standard InChI is InChI=1S/C28H38N6O4S/c1-18(2)25-24-21(19-11-12-23(29-16-19)33-13-14-38-28(3,4)17-33)15-22(27(35)32-39(5,36)37)30-26(24)34(31-25)20-9-7-6-8-10-20/h11-12,15-16,18,20H,6-10,13-14,17H2,1-5H3,(H,32,35). The lowest BCUT2D eigenvalue weighted by Crippen LogP contribution is -2.48. The molecule has 0 unspecified atom stereocenters. The fourth-order valence-electron chi connectivity index (χ4n) is 5.66. The van der Waals surface area contributed by atoms with Gasteiger partial charge in [0.05, 0.1) is 35.6 Å². The first-order valence-electron chi connectivity index (χ1n) is 13.7. The van der Waals surface area contributed by atoms with Crippen molar-refractivity contribution in [2.75, 3.05) is 30.9 Å². The van der Waals surface area contributed by atoms with E-state index in [-0.39, 0.29) is 23.3 Å². The van der Waals surface area contributed by atoms with Crippen LogP contribution >= 0.6 is 0 Å². The van der Waals surface area contributed by atoms with Gasteiger partial charge in [-0.2, -0.15) is 5.10 Å². The maximum absolute atomic E-state index is 13.0. The number of hydrogen-bond donors (Lipinski definition) is 1. The zero-order valence-electron chi connectivity index (χ0n) is 23.4. The third-order valence-electron chi connectivity index (χ3n) is 7.48. The molecule has 1 saturated heterocycles. The highest BCUT2D eigenvalue weighted by molar-refractivity contribution is 7.89.